The molecule has 0 aliphatic heterocycles. The minimum absolute atomic E-state index is 0.0654. The van der Waals surface area contributed by atoms with Crippen molar-refractivity contribution in [1.29, 1.82) is 0 Å². The zero-order valence-electron chi connectivity index (χ0n) is 16.3. The van der Waals surface area contributed by atoms with Crippen molar-refractivity contribution in [1.82, 2.24) is 0 Å². The lowest BCUT2D eigenvalue weighted by molar-refractivity contribution is -0.156. The van der Waals surface area contributed by atoms with E-state index in [1.54, 1.807) is 7.11 Å². The zero-order chi connectivity index (χ0) is 18.7. The number of ether oxygens (including phenoxy) is 2. The van der Waals surface area contributed by atoms with E-state index < -0.39 is 0 Å². The van der Waals surface area contributed by atoms with Crippen LogP contribution in [0.5, 0.6) is 5.75 Å². The molecule has 0 saturated heterocycles. The fourth-order valence-electron chi connectivity index (χ4n) is 5.26. The maximum Gasteiger partial charge on any atom is 0.305 e. The maximum atomic E-state index is 11.9. The highest BCUT2D eigenvalue weighted by molar-refractivity contribution is 5.69. The first-order valence-corrected chi connectivity index (χ1v) is 9.98. The predicted octanol–water partition coefficient (Wildman–Crippen LogP) is 3.92. The molecule has 1 unspecified atom stereocenters. The Balaban J connectivity index is 1.78. The van der Waals surface area contributed by atoms with Gasteiger partial charge in [-0.05, 0) is 73.6 Å². The van der Waals surface area contributed by atoms with E-state index in [0.29, 0.717) is 24.7 Å². The van der Waals surface area contributed by atoms with E-state index in [9.17, 15) is 9.90 Å². The average molecular weight is 360 g/mol. The molecule has 4 nitrogen and oxygen atoms in total. The summed E-state index contributed by atoms with van der Waals surface area (Å²) < 4.78 is 11.1. The number of hydrogen-bond acceptors (Lipinski definition) is 4. The summed E-state index contributed by atoms with van der Waals surface area (Å²) in [4.78, 5) is 11.9. The number of hydrogen-bond donors (Lipinski definition) is 1. The molecule has 0 bridgehead atoms. The monoisotopic (exact) mass is 360 g/mol. The van der Waals surface area contributed by atoms with Gasteiger partial charge in [0.2, 0.25) is 0 Å². The molecule has 4 atom stereocenters. The van der Waals surface area contributed by atoms with E-state index in [0.717, 1.165) is 37.9 Å². The molecule has 1 aromatic carbocycles. The van der Waals surface area contributed by atoms with Gasteiger partial charge in [0.25, 0.3) is 0 Å². The number of benzene rings is 1. The van der Waals surface area contributed by atoms with Crippen molar-refractivity contribution in [2.75, 3.05) is 13.7 Å². The van der Waals surface area contributed by atoms with Crippen molar-refractivity contribution in [3.8, 4) is 5.75 Å². The standard InChI is InChI=1S/C22H32O4/c1-4-21(24)26-20-10-9-19(22(20,2)11-12-23)17-6-5-16-14-18(25-3)8-7-15(16)13-17/h7-8,14,17,19-20,23H,4-6,9-13H2,1-3H3/t17?,19-,20-,22-/m0/s1. The number of rotatable bonds is 6. The third kappa shape index (κ3) is 3.62. The Morgan fingerprint density at radius 1 is 1.27 bits per heavy atom. The Labute approximate surface area is 156 Å². The van der Waals surface area contributed by atoms with Crippen LogP contribution >= 0.6 is 0 Å². The Morgan fingerprint density at radius 2 is 2.08 bits per heavy atom. The normalized spacial score (nSPS) is 30.7. The molecule has 144 valence electrons. The largest absolute Gasteiger partial charge is 0.497 e. The molecule has 1 saturated carbocycles. The minimum atomic E-state index is -0.131. The van der Waals surface area contributed by atoms with Crippen molar-refractivity contribution < 1.29 is 19.4 Å². The molecule has 3 rings (SSSR count). The molecular formula is C22H32O4. The van der Waals surface area contributed by atoms with Crippen molar-refractivity contribution >= 4 is 5.97 Å². The van der Waals surface area contributed by atoms with Crippen LogP contribution in [0.4, 0.5) is 0 Å². The van der Waals surface area contributed by atoms with Crippen LogP contribution in [0.2, 0.25) is 0 Å². The Kier molecular flexibility index (Phi) is 5.91. The lowest BCUT2D eigenvalue weighted by Crippen LogP contribution is -2.40. The van der Waals surface area contributed by atoms with Gasteiger partial charge in [0.1, 0.15) is 11.9 Å². The first-order valence-electron chi connectivity index (χ1n) is 9.98. The van der Waals surface area contributed by atoms with Gasteiger partial charge in [0.15, 0.2) is 0 Å². The molecule has 0 heterocycles. The van der Waals surface area contributed by atoms with Crippen LogP contribution < -0.4 is 4.74 Å². The summed E-state index contributed by atoms with van der Waals surface area (Å²) in [6.45, 7) is 4.20. The van der Waals surface area contributed by atoms with Gasteiger partial charge < -0.3 is 14.6 Å². The number of aliphatic hydroxyl groups is 1. The molecular weight excluding hydrogens is 328 g/mol. The van der Waals surface area contributed by atoms with E-state index in [-0.39, 0.29) is 24.1 Å². The lowest BCUT2D eigenvalue weighted by Gasteiger charge is -2.41. The average Bonchev–Trinajstić information content (AvgIpc) is 2.97. The van der Waals surface area contributed by atoms with E-state index in [4.69, 9.17) is 9.47 Å². The van der Waals surface area contributed by atoms with Gasteiger partial charge in [-0.15, -0.1) is 0 Å². The second-order valence-electron chi connectivity index (χ2n) is 8.13. The van der Waals surface area contributed by atoms with Crippen molar-refractivity contribution in [3.63, 3.8) is 0 Å². The number of carbonyl (C=O) groups is 1. The molecule has 1 aromatic rings. The number of aryl methyl sites for hydroxylation is 1. The first kappa shape index (κ1) is 19.2. The van der Waals surface area contributed by atoms with Crippen LogP contribution in [0.25, 0.3) is 0 Å². The van der Waals surface area contributed by atoms with E-state index >= 15 is 0 Å². The zero-order valence-corrected chi connectivity index (χ0v) is 16.3. The van der Waals surface area contributed by atoms with Gasteiger partial charge in [-0.2, -0.15) is 0 Å². The van der Waals surface area contributed by atoms with Crippen molar-refractivity contribution in [2.24, 2.45) is 17.3 Å². The van der Waals surface area contributed by atoms with E-state index in [1.807, 2.05) is 6.92 Å². The summed E-state index contributed by atoms with van der Waals surface area (Å²) in [5.74, 6) is 1.87. The van der Waals surface area contributed by atoms with Gasteiger partial charge >= 0.3 is 5.97 Å². The van der Waals surface area contributed by atoms with E-state index in [2.05, 4.69) is 25.1 Å². The van der Waals surface area contributed by atoms with Gasteiger partial charge in [0.05, 0.1) is 7.11 Å². The van der Waals surface area contributed by atoms with Crippen molar-refractivity contribution in [2.45, 2.75) is 64.9 Å². The molecule has 1 fully saturated rings. The topological polar surface area (TPSA) is 55.8 Å². The molecule has 0 amide bonds. The fraction of sp³-hybridized carbons (Fsp3) is 0.682. The Morgan fingerprint density at radius 3 is 2.77 bits per heavy atom. The number of esters is 1. The van der Waals surface area contributed by atoms with Crippen LogP contribution in [0.1, 0.15) is 57.1 Å². The summed E-state index contributed by atoms with van der Waals surface area (Å²) in [5, 5.41) is 9.68. The first-order chi connectivity index (χ1) is 12.5. The molecule has 0 aromatic heterocycles. The molecule has 1 N–H and O–H groups in total. The summed E-state index contributed by atoms with van der Waals surface area (Å²) in [5.41, 5.74) is 2.69. The number of carbonyl (C=O) groups excluding carboxylic acids is 1. The maximum absolute atomic E-state index is 11.9. The SMILES string of the molecule is CCC(=O)O[C@H]1CC[C@@H](C2CCc3cc(OC)ccc3C2)[C@]1(C)CCO. The summed E-state index contributed by atoms with van der Waals surface area (Å²) in [6, 6.07) is 6.42. The molecule has 2 aliphatic rings. The number of fused-ring (bicyclic) bond motifs is 1. The number of methoxy groups -OCH3 is 1. The quantitative estimate of drug-likeness (QED) is 0.781. The third-order valence-corrected chi connectivity index (χ3v) is 6.78. The van der Waals surface area contributed by atoms with Gasteiger partial charge in [-0.1, -0.05) is 19.9 Å². The molecule has 4 heteroatoms. The number of aliphatic hydroxyl groups excluding tert-OH is 1. The third-order valence-electron chi connectivity index (χ3n) is 6.78. The molecule has 0 radical (unpaired) electrons. The summed E-state index contributed by atoms with van der Waals surface area (Å²) in [6.07, 6.45) is 6.33. The molecule has 2 aliphatic carbocycles. The second kappa shape index (κ2) is 7.99. The van der Waals surface area contributed by atoms with Crippen molar-refractivity contribution in [3.05, 3.63) is 29.3 Å². The van der Waals surface area contributed by atoms with Gasteiger partial charge in [0, 0.05) is 18.4 Å². The highest BCUT2D eigenvalue weighted by atomic mass is 16.5. The highest BCUT2D eigenvalue weighted by Gasteiger charge is 2.51. The van der Waals surface area contributed by atoms with Crippen LogP contribution in [0.15, 0.2) is 18.2 Å². The minimum Gasteiger partial charge on any atom is -0.497 e. The molecule has 26 heavy (non-hydrogen) atoms. The smallest absolute Gasteiger partial charge is 0.305 e. The summed E-state index contributed by atoms with van der Waals surface area (Å²) >= 11 is 0. The summed E-state index contributed by atoms with van der Waals surface area (Å²) in [7, 11) is 1.71. The van der Waals surface area contributed by atoms with E-state index in [1.165, 1.54) is 11.1 Å². The fourth-order valence-corrected chi connectivity index (χ4v) is 5.26. The van der Waals surface area contributed by atoms with Crippen LogP contribution in [-0.4, -0.2) is 30.9 Å². The van der Waals surface area contributed by atoms with Gasteiger partial charge in [-0.25, -0.2) is 0 Å². The predicted molar refractivity (Wildman–Crippen MR) is 101 cm³/mol. The Hall–Kier alpha value is -1.55. The van der Waals surface area contributed by atoms with Crippen LogP contribution in [-0.2, 0) is 22.4 Å². The van der Waals surface area contributed by atoms with Crippen LogP contribution in [0, 0.1) is 17.3 Å². The molecule has 0 spiro atoms. The highest BCUT2D eigenvalue weighted by Crippen LogP contribution is 2.53. The second-order valence-corrected chi connectivity index (χ2v) is 8.13. The van der Waals surface area contributed by atoms with Crippen LogP contribution in [0.3, 0.4) is 0 Å². The lowest BCUT2D eigenvalue weighted by atomic mass is 9.65. The Bertz CT molecular complexity index is 641. The van der Waals surface area contributed by atoms with Gasteiger partial charge in [-0.3, -0.25) is 4.79 Å².